The topological polar surface area (TPSA) is 81.7 Å². The Kier molecular flexibility index (Phi) is 4.43. The van der Waals surface area contributed by atoms with Crippen LogP contribution in [-0.2, 0) is 9.59 Å². The van der Waals surface area contributed by atoms with Crippen LogP contribution in [0.4, 0.5) is 4.39 Å². The van der Waals surface area contributed by atoms with Crippen LogP contribution in [0.3, 0.4) is 0 Å². The van der Waals surface area contributed by atoms with Crippen LogP contribution in [-0.4, -0.2) is 62.8 Å². The second kappa shape index (κ2) is 7.37. The fourth-order valence-electron chi connectivity index (χ4n) is 5.24. The Hall–Kier alpha value is -3.26. The standard InChI is InChI=1S/C26H23ClFN5O2/c27-20-7-17(9-22-19(20)10-29-31-22)16-3-4-18(21(28)8-16)23-30-26(5-6-26)25(35)33(23)13-14-11-32(12-14)24(34)15-1-2-15/h3-4,7-10,14-15H,1-2,5-6,11-13H2,(H,29,31). The van der Waals surface area contributed by atoms with Crippen molar-refractivity contribution in [2.24, 2.45) is 16.8 Å². The smallest absolute Gasteiger partial charge is 0.256 e. The highest BCUT2D eigenvalue weighted by molar-refractivity contribution is 6.35. The van der Waals surface area contributed by atoms with Crippen molar-refractivity contribution in [1.82, 2.24) is 20.0 Å². The molecule has 4 aliphatic rings. The summed E-state index contributed by atoms with van der Waals surface area (Å²) in [6.45, 7) is 1.76. The third-order valence-electron chi connectivity index (χ3n) is 7.63. The van der Waals surface area contributed by atoms with Crippen LogP contribution in [0.2, 0.25) is 5.02 Å². The minimum atomic E-state index is -0.715. The van der Waals surface area contributed by atoms with E-state index in [4.69, 9.17) is 16.6 Å². The highest BCUT2D eigenvalue weighted by atomic mass is 35.5. The van der Waals surface area contributed by atoms with Gasteiger partial charge in [-0.05, 0) is 61.1 Å². The van der Waals surface area contributed by atoms with Crippen LogP contribution >= 0.6 is 11.6 Å². The number of hydrogen-bond acceptors (Lipinski definition) is 4. The maximum absolute atomic E-state index is 15.5. The predicted octanol–water partition coefficient (Wildman–Crippen LogP) is 4.01. The van der Waals surface area contributed by atoms with Gasteiger partial charge in [0, 0.05) is 36.9 Å². The molecule has 1 saturated heterocycles. The van der Waals surface area contributed by atoms with Gasteiger partial charge in [-0.25, -0.2) is 4.39 Å². The lowest BCUT2D eigenvalue weighted by Gasteiger charge is -2.41. The number of halogens is 2. The number of hydrogen-bond donors (Lipinski definition) is 1. The van der Waals surface area contributed by atoms with Gasteiger partial charge in [-0.15, -0.1) is 0 Å². The number of aliphatic imine (C=N–C) groups is 1. The maximum atomic E-state index is 15.5. The predicted molar refractivity (Wildman–Crippen MR) is 130 cm³/mol. The molecular formula is C26H23ClFN5O2. The summed E-state index contributed by atoms with van der Waals surface area (Å²) in [7, 11) is 0. The summed E-state index contributed by atoms with van der Waals surface area (Å²) in [6, 6.07) is 8.66. The first kappa shape index (κ1) is 21.1. The van der Waals surface area contributed by atoms with Crippen molar-refractivity contribution in [3.63, 3.8) is 0 Å². The van der Waals surface area contributed by atoms with Gasteiger partial charge in [-0.1, -0.05) is 17.7 Å². The second-order valence-electron chi connectivity index (χ2n) is 10.3. The van der Waals surface area contributed by atoms with E-state index >= 15 is 4.39 Å². The van der Waals surface area contributed by atoms with Gasteiger partial charge in [0.1, 0.15) is 17.2 Å². The number of amidine groups is 1. The molecule has 0 radical (unpaired) electrons. The first-order valence-corrected chi connectivity index (χ1v) is 12.4. The third kappa shape index (κ3) is 3.37. The maximum Gasteiger partial charge on any atom is 0.256 e. The minimum Gasteiger partial charge on any atom is -0.342 e. The number of benzene rings is 2. The molecular weight excluding hydrogens is 469 g/mol. The molecule has 35 heavy (non-hydrogen) atoms. The summed E-state index contributed by atoms with van der Waals surface area (Å²) in [5, 5.41) is 8.27. The second-order valence-corrected chi connectivity index (χ2v) is 10.7. The number of aromatic nitrogens is 2. The summed E-state index contributed by atoms with van der Waals surface area (Å²) >= 11 is 6.38. The van der Waals surface area contributed by atoms with Gasteiger partial charge < -0.3 is 4.90 Å². The molecule has 2 saturated carbocycles. The van der Waals surface area contributed by atoms with E-state index in [2.05, 4.69) is 10.2 Å². The molecule has 2 aliphatic heterocycles. The highest BCUT2D eigenvalue weighted by Gasteiger charge is 2.58. The van der Waals surface area contributed by atoms with Crippen molar-refractivity contribution in [2.75, 3.05) is 19.6 Å². The molecule has 3 heterocycles. The number of likely N-dealkylation sites (tertiary alicyclic amines) is 1. The summed E-state index contributed by atoms with van der Waals surface area (Å²) in [6.07, 6.45) is 5.03. The lowest BCUT2D eigenvalue weighted by molar-refractivity contribution is -0.139. The van der Waals surface area contributed by atoms with Crippen LogP contribution in [0.1, 0.15) is 31.2 Å². The van der Waals surface area contributed by atoms with Crippen molar-refractivity contribution in [1.29, 1.82) is 0 Å². The van der Waals surface area contributed by atoms with Gasteiger partial charge >= 0.3 is 0 Å². The Bertz CT molecular complexity index is 1430. The molecule has 0 unspecified atom stereocenters. The van der Waals surface area contributed by atoms with Crippen LogP contribution in [0, 0.1) is 17.7 Å². The van der Waals surface area contributed by atoms with E-state index < -0.39 is 11.4 Å². The molecule has 3 fully saturated rings. The number of carbonyl (C=O) groups is 2. The van der Waals surface area contributed by atoms with E-state index in [9.17, 15) is 9.59 Å². The first-order chi connectivity index (χ1) is 16.9. The SMILES string of the molecule is O=C(C1CC1)N1CC(CN2C(=O)C3(CC3)N=C2c2ccc(-c3cc(Cl)c4cn[nH]c4c3)cc2F)C1. The molecule has 1 N–H and O–H groups in total. The van der Waals surface area contributed by atoms with Crippen molar-refractivity contribution in [3.8, 4) is 11.1 Å². The zero-order valence-electron chi connectivity index (χ0n) is 18.9. The van der Waals surface area contributed by atoms with Gasteiger partial charge in [0.05, 0.1) is 22.3 Å². The summed E-state index contributed by atoms with van der Waals surface area (Å²) in [5.74, 6) is 0.553. The van der Waals surface area contributed by atoms with E-state index in [-0.39, 0.29) is 23.7 Å². The minimum absolute atomic E-state index is 0.0422. The number of carbonyl (C=O) groups excluding carboxylic acids is 2. The Morgan fingerprint density at radius 2 is 1.97 bits per heavy atom. The van der Waals surface area contributed by atoms with E-state index in [1.807, 2.05) is 17.0 Å². The van der Waals surface area contributed by atoms with Crippen LogP contribution in [0.25, 0.3) is 22.0 Å². The molecule has 1 spiro atoms. The van der Waals surface area contributed by atoms with Crippen LogP contribution in [0.15, 0.2) is 41.5 Å². The molecule has 0 atom stereocenters. The van der Waals surface area contributed by atoms with Crippen LogP contribution < -0.4 is 0 Å². The normalized spacial score (nSPS) is 21.1. The summed E-state index contributed by atoms with van der Waals surface area (Å²) < 4.78 is 15.5. The highest BCUT2D eigenvalue weighted by Crippen LogP contribution is 2.46. The van der Waals surface area contributed by atoms with E-state index in [0.29, 0.717) is 54.5 Å². The van der Waals surface area contributed by atoms with E-state index in [1.54, 1.807) is 23.2 Å². The van der Waals surface area contributed by atoms with Gasteiger partial charge in [-0.2, -0.15) is 5.10 Å². The monoisotopic (exact) mass is 491 g/mol. The molecule has 7 rings (SSSR count). The first-order valence-electron chi connectivity index (χ1n) is 12.1. The Balaban J connectivity index is 1.15. The molecule has 9 heteroatoms. The van der Waals surface area contributed by atoms with E-state index in [1.165, 1.54) is 6.07 Å². The third-order valence-corrected chi connectivity index (χ3v) is 7.94. The fraction of sp³-hybridized carbons (Fsp3) is 0.385. The van der Waals surface area contributed by atoms with E-state index in [0.717, 1.165) is 29.3 Å². The number of nitrogens with one attached hydrogen (secondary N) is 1. The summed E-state index contributed by atoms with van der Waals surface area (Å²) in [4.78, 5) is 33.7. The molecule has 3 aromatic rings. The zero-order valence-corrected chi connectivity index (χ0v) is 19.7. The number of nitrogens with zero attached hydrogens (tertiary/aromatic N) is 4. The lowest BCUT2D eigenvalue weighted by Crippen LogP contribution is -2.55. The van der Waals surface area contributed by atoms with Gasteiger partial charge in [0.2, 0.25) is 5.91 Å². The van der Waals surface area contributed by atoms with Crippen molar-refractivity contribution in [3.05, 3.63) is 52.9 Å². The van der Waals surface area contributed by atoms with Crippen molar-refractivity contribution >= 4 is 40.2 Å². The lowest BCUT2D eigenvalue weighted by atomic mass is 9.97. The van der Waals surface area contributed by atoms with Crippen molar-refractivity contribution in [2.45, 2.75) is 31.2 Å². The number of amides is 2. The molecule has 1 aromatic heterocycles. The quantitative estimate of drug-likeness (QED) is 0.585. The summed E-state index contributed by atoms with van der Waals surface area (Å²) in [5.41, 5.74) is 1.83. The molecule has 2 aliphatic carbocycles. The molecule has 0 bridgehead atoms. The number of H-pyrrole nitrogens is 1. The molecule has 2 amide bonds. The number of fused-ring (bicyclic) bond motifs is 1. The zero-order chi connectivity index (χ0) is 23.9. The average molecular weight is 492 g/mol. The Morgan fingerprint density at radius 3 is 2.69 bits per heavy atom. The molecule has 2 aromatic carbocycles. The van der Waals surface area contributed by atoms with Crippen molar-refractivity contribution < 1.29 is 14.0 Å². The molecule has 7 nitrogen and oxygen atoms in total. The van der Waals surface area contributed by atoms with Gasteiger partial charge in [-0.3, -0.25) is 24.6 Å². The molecule has 178 valence electrons. The number of rotatable bonds is 5. The van der Waals surface area contributed by atoms with Gasteiger partial charge in [0.25, 0.3) is 5.91 Å². The number of aromatic amines is 1. The Morgan fingerprint density at radius 1 is 1.17 bits per heavy atom. The average Bonchev–Trinajstić information content (AvgIpc) is 3.73. The van der Waals surface area contributed by atoms with Gasteiger partial charge in [0.15, 0.2) is 0 Å². The fourth-order valence-corrected chi connectivity index (χ4v) is 5.51. The van der Waals surface area contributed by atoms with Crippen LogP contribution in [0.5, 0.6) is 0 Å². The largest absolute Gasteiger partial charge is 0.342 e. The Labute approximate surface area is 205 Å².